The molecule has 0 saturated carbocycles. The molecule has 2 nitrogen and oxygen atoms in total. The lowest BCUT2D eigenvalue weighted by Crippen LogP contribution is -1.97. The molecule has 4 heteroatoms. The van der Waals surface area contributed by atoms with Gasteiger partial charge in [0.2, 0.25) is 0 Å². The van der Waals surface area contributed by atoms with Gasteiger partial charge in [-0.3, -0.25) is 0 Å². The zero-order valence-electron chi connectivity index (χ0n) is 11.5. The maximum atomic E-state index is 6.31. The third kappa shape index (κ3) is 2.19. The maximum Gasteiger partial charge on any atom is 0.127 e. The Morgan fingerprint density at radius 2 is 1.85 bits per heavy atom. The molecule has 0 spiro atoms. The maximum absolute atomic E-state index is 6.31. The third-order valence-corrected chi connectivity index (χ3v) is 4.44. The second-order valence-corrected chi connectivity index (χ2v) is 6.31. The first-order valence-corrected chi connectivity index (χ1v) is 7.91. The molecule has 0 saturated heterocycles. The molecule has 0 unspecified atom stereocenters. The van der Waals surface area contributed by atoms with Gasteiger partial charge in [-0.15, -0.1) is 0 Å². The molecule has 0 amide bonds. The SMILES string of the molecule is CCCn1c(Cl)cn2cc(-c3ccc(Br)cc3)c(C)c12. The van der Waals surface area contributed by atoms with Crippen molar-refractivity contribution in [1.82, 2.24) is 8.97 Å². The van der Waals surface area contributed by atoms with Gasteiger partial charge in [0, 0.05) is 29.0 Å². The van der Waals surface area contributed by atoms with Crippen LogP contribution < -0.4 is 0 Å². The topological polar surface area (TPSA) is 9.34 Å². The van der Waals surface area contributed by atoms with Crippen molar-refractivity contribution in [3.8, 4) is 11.1 Å². The van der Waals surface area contributed by atoms with Gasteiger partial charge < -0.3 is 8.97 Å². The van der Waals surface area contributed by atoms with Crippen molar-refractivity contribution in [2.45, 2.75) is 26.8 Å². The zero-order valence-corrected chi connectivity index (χ0v) is 13.9. The summed E-state index contributed by atoms with van der Waals surface area (Å²) in [6.07, 6.45) is 5.22. The summed E-state index contributed by atoms with van der Waals surface area (Å²) in [6, 6.07) is 8.42. The summed E-state index contributed by atoms with van der Waals surface area (Å²) < 4.78 is 5.41. The molecule has 0 aliphatic carbocycles. The number of nitrogens with zero attached hydrogens (tertiary/aromatic N) is 2. The van der Waals surface area contributed by atoms with Gasteiger partial charge in [-0.25, -0.2) is 0 Å². The fraction of sp³-hybridized carbons (Fsp3) is 0.250. The Bertz CT molecular complexity index is 753. The number of halogens is 2. The lowest BCUT2D eigenvalue weighted by atomic mass is 10.1. The van der Waals surface area contributed by atoms with Crippen LogP contribution in [-0.4, -0.2) is 8.97 Å². The van der Waals surface area contributed by atoms with Crippen LogP contribution in [-0.2, 0) is 6.54 Å². The molecule has 20 heavy (non-hydrogen) atoms. The van der Waals surface area contributed by atoms with Crippen LogP contribution in [0.15, 0.2) is 41.1 Å². The largest absolute Gasteiger partial charge is 0.317 e. The van der Waals surface area contributed by atoms with Crippen LogP contribution in [0, 0.1) is 6.92 Å². The van der Waals surface area contributed by atoms with Crippen molar-refractivity contribution < 1.29 is 0 Å². The van der Waals surface area contributed by atoms with Crippen LogP contribution in [0.1, 0.15) is 18.9 Å². The monoisotopic (exact) mass is 350 g/mol. The van der Waals surface area contributed by atoms with Gasteiger partial charge in [-0.2, -0.15) is 0 Å². The van der Waals surface area contributed by atoms with Gasteiger partial charge in [0.1, 0.15) is 10.8 Å². The Morgan fingerprint density at radius 1 is 1.15 bits per heavy atom. The fourth-order valence-corrected chi connectivity index (χ4v) is 3.23. The molecule has 2 heterocycles. The van der Waals surface area contributed by atoms with Gasteiger partial charge in [-0.05, 0) is 36.6 Å². The summed E-state index contributed by atoms with van der Waals surface area (Å²) in [5, 5.41) is 0.798. The van der Waals surface area contributed by atoms with E-state index in [0.717, 1.165) is 22.6 Å². The highest BCUT2D eigenvalue weighted by Gasteiger charge is 2.14. The average molecular weight is 352 g/mol. The highest BCUT2D eigenvalue weighted by Crippen LogP contribution is 2.31. The Kier molecular flexibility index (Phi) is 3.65. The molecule has 0 atom stereocenters. The smallest absolute Gasteiger partial charge is 0.127 e. The fourth-order valence-electron chi connectivity index (χ4n) is 2.69. The molecule has 0 fully saturated rings. The molecule has 3 rings (SSSR count). The molecule has 0 radical (unpaired) electrons. The first-order chi connectivity index (χ1) is 9.61. The van der Waals surface area contributed by atoms with Gasteiger partial charge >= 0.3 is 0 Å². The summed E-state index contributed by atoms with van der Waals surface area (Å²) in [7, 11) is 0. The first kappa shape index (κ1) is 13.8. The van der Waals surface area contributed by atoms with Crippen molar-refractivity contribution in [3.63, 3.8) is 0 Å². The number of benzene rings is 1. The van der Waals surface area contributed by atoms with Crippen LogP contribution in [0.25, 0.3) is 16.8 Å². The van der Waals surface area contributed by atoms with E-state index in [2.05, 4.69) is 69.2 Å². The Morgan fingerprint density at radius 3 is 2.50 bits per heavy atom. The van der Waals surface area contributed by atoms with E-state index in [9.17, 15) is 0 Å². The number of rotatable bonds is 3. The van der Waals surface area contributed by atoms with E-state index >= 15 is 0 Å². The number of fused-ring (bicyclic) bond motifs is 1. The normalized spacial score (nSPS) is 11.4. The highest BCUT2D eigenvalue weighted by atomic mass is 79.9. The van der Waals surface area contributed by atoms with Gasteiger partial charge in [0.25, 0.3) is 0 Å². The van der Waals surface area contributed by atoms with Crippen LogP contribution in [0.2, 0.25) is 5.15 Å². The van der Waals surface area contributed by atoms with Crippen LogP contribution in [0.4, 0.5) is 0 Å². The predicted molar refractivity (Wildman–Crippen MR) is 88.6 cm³/mol. The Hall–Kier alpha value is -1.19. The van der Waals surface area contributed by atoms with E-state index in [0.29, 0.717) is 0 Å². The minimum atomic E-state index is 0.798. The summed E-state index contributed by atoms with van der Waals surface area (Å²) in [6.45, 7) is 5.27. The van der Waals surface area contributed by atoms with Crippen LogP contribution >= 0.6 is 27.5 Å². The average Bonchev–Trinajstić information content (AvgIpc) is 2.89. The van der Waals surface area contributed by atoms with Crippen LogP contribution in [0.5, 0.6) is 0 Å². The molecule has 0 bridgehead atoms. The summed E-state index contributed by atoms with van der Waals surface area (Å²) >= 11 is 9.79. The minimum absolute atomic E-state index is 0.798. The number of hydrogen-bond acceptors (Lipinski definition) is 0. The van der Waals surface area contributed by atoms with Crippen molar-refractivity contribution in [3.05, 3.63) is 51.8 Å². The molecule has 0 aliphatic heterocycles. The second kappa shape index (κ2) is 5.30. The summed E-state index contributed by atoms with van der Waals surface area (Å²) in [5.74, 6) is 0. The van der Waals surface area contributed by atoms with Crippen molar-refractivity contribution in [2.24, 2.45) is 0 Å². The van der Waals surface area contributed by atoms with Crippen LogP contribution in [0.3, 0.4) is 0 Å². The summed E-state index contributed by atoms with van der Waals surface area (Å²) in [4.78, 5) is 0. The molecular weight excluding hydrogens is 336 g/mol. The summed E-state index contributed by atoms with van der Waals surface area (Å²) in [5.41, 5.74) is 4.95. The third-order valence-electron chi connectivity index (χ3n) is 3.61. The molecular formula is C16H16BrClN2. The van der Waals surface area contributed by atoms with Gasteiger partial charge in [0.05, 0.1) is 0 Å². The number of aryl methyl sites for hydroxylation is 2. The van der Waals surface area contributed by atoms with E-state index in [1.54, 1.807) is 0 Å². The van der Waals surface area contributed by atoms with Crippen molar-refractivity contribution >= 4 is 33.2 Å². The van der Waals surface area contributed by atoms with Crippen molar-refractivity contribution in [1.29, 1.82) is 0 Å². The second-order valence-electron chi connectivity index (χ2n) is 5.01. The molecule has 104 valence electrons. The zero-order chi connectivity index (χ0) is 14.3. The van der Waals surface area contributed by atoms with E-state index in [-0.39, 0.29) is 0 Å². The molecule has 0 N–H and O–H groups in total. The van der Waals surface area contributed by atoms with E-state index in [4.69, 9.17) is 11.6 Å². The molecule has 1 aromatic carbocycles. The standard InChI is InChI=1S/C16H16BrClN2/c1-3-8-20-15(18)10-19-9-14(11(2)16(19)20)12-4-6-13(17)7-5-12/h4-7,9-10H,3,8H2,1-2H3. The number of imidazole rings is 1. The number of aromatic nitrogens is 2. The van der Waals surface area contributed by atoms with Gasteiger partial charge in [0.15, 0.2) is 0 Å². The first-order valence-electron chi connectivity index (χ1n) is 6.74. The Balaban J connectivity index is 2.18. The van der Waals surface area contributed by atoms with E-state index < -0.39 is 0 Å². The lowest BCUT2D eigenvalue weighted by Gasteiger charge is -2.05. The highest BCUT2D eigenvalue weighted by molar-refractivity contribution is 9.10. The molecule has 2 aromatic heterocycles. The number of hydrogen-bond donors (Lipinski definition) is 0. The lowest BCUT2D eigenvalue weighted by molar-refractivity contribution is 0.700. The van der Waals surface area contributed by atoms with E-state index in [1.807, 2.05) is 6.20 Å². The molecule has 3 aromatic rings. The minimum Gasteiger partial charge on any atom is -0.317 e. The predicted octanol–water partition coefficient (Wildman–Crippen LogP) is 5.54. The quantitative estimate of drug-likeness (QED) is 0.586. The van der Waals surface area contributed by atoms with E-state index in [1.165, 1.54) is 22.3 Å². The van der Waals surface area contributed by atoms with Gasteiger partial charge in [-0.1, -0.05) is 46.6 Å². The Labute approximate surface area is 132 Å². The molecule has 0 aliphatic rings. The van der Waals surface area contributed by atoms with Crippen molar-refractivity contribution in [2.75, 3.05) is 0 Å².